The molecule has 2 rings (SSSR count). The van der Waals surface area contributed by atoms with Crippen molar-refractivity contribution in [1.29, 1.82) is 0 Å². The van der Waals surface area contributed by atoms with Crippen LogP contribution >= 0.6 is 12.2 Å². The van der Waals surface area contributed by atoms with Crippen molar-refractivity contribution in [3.8, 4) is 5.75 Å². The topological polar surface area (TPSA) is 58.5 Å². The third kappa shape index (κ3) is 4.33. The molecule has 0 aliphatic rings. The van der Waals surface area contributed by atoms with Crippen molar-refractivity contribution in [2.45, 2.75) is 0 Å². The quantitative estimate of drug-likeness (QED) is 0.513. The van der Waals surface area contributed by atoms with Gasteiger partial charge in [-0.1, -0.05) is 12.1 Å². The summed E-state index contributed by atoms with van der Waals surface area (Å²) in [5.41, 5.74) is 4.46. The molecule has 6 heteroatoms. The maximum absolute atomic E-state index is 5.14. The Morgan fingerprint density at radius 3 is 3.00 bits per heavy atom. The minimum atomic E-state index is 0.401. The fourth-order valence-corrected chi connectivity index (χ4v) is 1.65. The first-order chi connectivity index (χ1) is 9.78. The second kappa shape index (κ2) is 7.20. The lowest BCUT2D eigenvalue weighted by Crippen LogP contribution is -2.23. The molecule has 0 atom stereocenters. The molecule has 1 aromatic heterocycles. The number of nitrogens with one attached hydrogen (secondary N) is 2. The van der Waals surface area contributed by atoms with Gasteiger partial charge in [0.2, 0.25) is 0 Å². The third-order valence-electron chi connectivity index (χ3n) is 2.39. The first-order valence-electron chi connectivity index (χ1n) is 5.92. The summed E-state index contributed by atoms with van der Waals surface area (Å²) in [6.07, 6.45) is 5.07. The summed E-state index contributed by atoms with van der Waals surface area (Å²) in [6.45, 7) is 0. The van der Waals surface area contributed by atoms with E-state index in [1.807, 2.05) is 36.4 Å². The standard InChI is InChI=1S/C14H14N4OS/c1-19-13-6-2-5-12(8-13)17-14(20)18-16-10-11-4-3-7-15-9-11/h2-10H,1H3,(H2,17,18,20)/b16-10-. The van der Waals surface area contributed by atoms with Crippen molar-refractivity contribution in [1.82, 2.24) is 10.4 Å². The van der Waals surface area contributed by atoms with E-state index in [0.717, 1.165) is 17.0 Å². The Balaban J connectivity index is 1.88. The molecule has 0 radical (unpaired) electrons. The second-order valence-electron chi connectivity index (χ2n) is 3.84. The monoisotopic (exact) mass is 286 g/mol. The maximum atomic E-state index is 5.14. The van der Waals surface area contributed by atoms with E-state index in [1.165, 1.54) is 0 Å². The van der Waals surface area contributed by atoms with Crippen LogP contribution in [0, 0.1) is 0 Å². The average Bonchev–Trinajstić information content (AvgIpc) is 2.48. The van der Waals surface area contributed by atoms with Crippen molar-refractivity contribution in [3.05, 3.63) is 54.4 Å². The Labute approximate surface area is 122 Å². The SMILES string of the molecule is COc1cccc(NC(=S)N/N=C\c2cccnc2)c1. The van der Waals surface area contributed by atoms with Crippen molar-refractivity contribution in [3.63, 3.8) is 0 Å². The number of ether oxygens (including phenoxy) is 1. The zero-order valence-corrected chi connectivity index (χ0v) is 11.7. The molecule has 2 N–H and O–H groups in total. The minimum absolute atomic E-state index is 0.401. The highest BCUT2D eigenvalue weighted by Gasteiger charge is 1.97. The van der Waals surface area contributed by atoms with E-state index in [9.17, 15) is 0 Å². The Morgan fingerprint density at radius 2 is 2.25 bits per heavy atom. The maximum Gasteiger partial charge on any atom is 0.191 e. The van der Waals surface area contributed by atoms with E-state index in [-0.39, 0.29) is 0 Å². The van der Waals surface area contributed by atoms with E-state index in [4.69, 9.17) is 17.0 Å². The van der Waals surface area contributed by atoms with Gasteiger partial charge in [-0.2, -0.15) is 5.10 Å². The fourth-order valence-electron chi connectivity index (χ4n) is 1.48. The molecule has 5 nitrogen and oxygen atoms in total. The lowest BCUT2D eigenvalue weighted by Gasteiger charge is -2.08. The zero-order valence-electron chi connectivity index (χ0n) is 10.9. The number of anilines is 1. The zero-order chi connectivity index (χ0) is 14.2. The minimum Gasteiger partial charge on any atom is -0.497 e. The van der Waals surface area contributed by atoms with E-state index >= 15 is 0 Å². The third-order valence-corrected chi connectivity index (χ3v) is 2.59. The van der Waals surface area contributed by atoms with Gasteiger partial charge in [0, 0.05) is 29.7 Å². The molecular formula is C14H14N4OS. The van der Waals surface area contributed by atoms with Gasteiger partial charge in [-0.25, -0.2) is 0 Å². The predicted molar refractivity (Wildman–Crippen MR) is 84.2 cm³/mol. The van der Waals surface area contributed by atoms with Crippen molar-refractivity contribution < 1.29 is 4.74 Å². The van der Waals surface area contributed by atoms with Gasteiger partial charge in [0.05, 0.1) is 13.3 Å². The molecule has 0 fully saturated rings. The molecule has 1 aromatic carbocycles. The largest absolute Gasteiger partial charge is 0.497 e. The van der Waals surface area contributed by atoms with Crippen LogP contribution in [0.15, 0.2) is 53.9 Å². The first-order valence-corrected chi connectivity index (χ1v) is 6.33. The molecule has 0 saturated carbocycles. The molecule has 0 spiro atoms. The van der Waals surface area contributed by atoms with E-state index in [1.54, 1.807) is 25.7 Å². The molecule has 102 valence electrons. The molecule has 0 aliphatic heterocycles. The number of nitrogens with zero attached hydrogens (tertiary/aromatic N) is 2. The summed E-state index contributed by atoms with van der Waals surface area (Å²) in [6, 6.07) is 11.2. The van der Waals surface area contributed by atoms with Crippen molar-refractivity contribution in [2.24, 2.45) is 5.10 Å². The summed E-state index contributed by atoms with van der Waals surface area (Å²) in [7, 11) is 1.62. The van der Waals surface area contributed by atoms with Gasteiger partial charge in [-0.05, 0) is 30.4 Å². The molecular weight excluding hydrogens is 272 g/mol. The number of thiocarbonyl (C=S) groups is 1. The molecule has 1 heterocycles. The summed E-state index contributed by atoms with van der Waals surface area (Å²) in [4.78, 5) is 3.99. The van der Waals surface area contributed by atoms with Gasteiger partial charge in [-0.3, -0.25) is 10.4 Å². The second-order valence-corrected chi connectivity index (χ2v) is 4.25. The number of hydrogen-bond acceptors (Lipinski definition) is 4. The Morgan fingerprint density at radius 1 is 1.35 bits per heavy atom. The van der Waals surface area contributed by atoms with Crippen LogP contribution in [0.3, 0.4) is 0 Å². The van der Waals surface area contributed by atoms with Crippen LogP contribution in [-0.2, 0) is 0 Å². The van der Waals surface area contributed by atoms with E-state index in [2.05, 4.69) is 20.8 Å². The number of hydrogen-bond donors (Lipinski definition) is 2. The highest BCUT2D eigenvalue weighted by molar-refractivity contribution is 7.80. The molecule has 20 heavy (non-hydrogen) atoms. The molecule has 0 unspecified atom stereocenters. The lowest BCUT2D eigenvalue weighted by molar-refractivity contribution is 0.415. The van der Waals surface area contributed by atoms with Crippen LogP contribution in [0.4, 0.5) is 5.69 Å². The summed E-state index contributed by atoms with van der Waals surface area (Å²) >= 11 is 5.14. The highest BCUT2D eigenvalue weighted by atomic mass is 32.1. The van der Waals surface area contributed by atoms with Crippen molar-refractivity contribution >= 4 is 29.2 Å². The number of benzene rings is 1. The van der Waals surface area contributed by atoms with Crippen LogP contribution in [0.25, 0.3) is 0 Å². The van der Waals surface area contributed by atoms with Gasteiger partial charge in [0.25, 0.3) is 0 Å². The van der Waals surface area contributed by atoms with Gasteiger partial charge in [0.15, 0.2) is 5.11 Å². The van der Waals surface area contributed by atoms with E-state index in [0.29, 0.717) is 5.11 Å². The summed E-state index contributed by atoms with van der Waals surface area (Å²) < 4.78 is 5.14. The van der Waals surface area contributed by atoms with Gasteiger partial charge in [0.1, 0.15) is 5.75 Å². The molecule has 2 aromatic rings. The van der Waals surface area contributed by atoms with E-state index < -0.39 is 0 Å². The lowest BCUT2D eigenvalue weighted by atomic mass is 10.3. The number of pyridine rings is 1. The van der Waals surface area contributed by atoms with Gasteiger partial charge < -0.3 is 10.1 Å². The smallest absolute Gasteiger partial charge is 0.191 e. The Hall–Kier alpha value is -2.47. The molecule has 0 saturated heterocycles. The number of rotatable bonds is 4. The molecule has 0 aliphatic carbocycles. The average molecular weight is 286 g/mol. The van der Waals surface area contributed by atoms with Crippen LogP contribution in [-0.4, -0.2) is 23.4 Å². The summed E-state index contributed by atoms with van der Waals surface area (Å²) in [5.74, 6) is 0.761. The molecule has 0 amide bonds. The highest BCUT2D eigenvalue weighted by Crippen LogP contribution is 2.16. The summed E-state index contributed by atoms with van der Waals surface area (Å²) in [5, 5.41) is 7.45. The van der Waals surface area contributed by atoms with Crippen LogP contribution in [0.2, 0.25) is 0 Å². The number of hydrazone groups is 1. The van der Waals surface area contributed by atoms with Gasteiger partial charge in [-0.15, -0.1) is 0 Å². The Bertz CT molecular complexity index is 601. The number of aromatic nitrogens is 1. The Kier molecular flexibility index (Phi) is 5.02. The van der Waals surface area contributed by atoms with Crippen LogP contribution in [0.1, 0.15) is 5.56 Å². The number of methoxy groups -OCH3 is 1. The van der Waals surface area contributed by atoms with Crippen LogP contribution < -0.4 is 15.5 Å². The molecule has 0 bridgehead atoms. The van der Waals surface area contributed by atoms with Crippen LogP contribution in [0.5, 0.6) is 5.75 Å². The predicted octanol–water partition coefficient (Wildman–Crippen LogP) is 2.41. The fraction of sp³-hybridized carbons (Fsp3) is 0.0714. The van der Waals surface area contributed by atoms with Crippen molar-refractivity contribution in [2.75, 3.05) is 12.4 Å². The normalized spacial score (nSPS) is 10.2. The first kappa shape index (κ1) is 14.0. The van der Waals surface area contributed by atoms with Gasteiger partial charge >= 0.3 is 0 Å².